The third-order valence-corrected chi connectivity index (χ3v) is 3.63. The number of carbonyl (C=O) groups excluding carboxylic acids is 1. The third-order valence-electron chi connectivity index (χ3n) is 2.16. The van der Waals surface area contributed by atoms with Gasteiger partial charge < -0.3 is 11.1 Å². The molecule has 0 heterocycles. The van der Waals surface area contributed by atoms with Crippen LogP contribution in [0.1, 0.15) is 13.3 Å². The number of benzene rings is 1. The van der Waals surface area contributed by atoms with Gasteiger partial charge in [-0.15, -0.1) is 12.4 Å². The molecular weight excluding hydrogens is 290 g/mol. The molecule has 0 saturated carbocycles. The van der Waals surface area contributed by atoms with Gasteiger partial charge in [0.15, 0.2) is 0 Å². The minimum absolute atomic E-state index is 0. The number of carbonyl (C=O) groups is 1. The topological polar surface area (TPSA) is 101 Å². The highest BCUT2D eigenvalue weighted by molar-refractivity contribution is 7.89. The van der Waals surface area contributed by atoms with E-state index in [-0.39, 0.29) is 23.2 Å². The predicted molar refractivity (Wildman–Crippen MR) is 76.9 cm³/mol. The summed E-state index contributed by atoms with van der Waals surface area (Å²) in [5.74, 6) is -0.202. The van der Waals surface area contributed by atoms with Crippen LogP contribution in [0.15, 0.2) is 29.2 Å². The normalized spacial score (nSPS) is 10.6. The fourth-order valence-corrected chi connectivity index (χ4v) is 2.39. The van der Waals surface area contributed by atoms with Crippen LogP contribution in [0.2, 0.25) is 0 Å². The molecule has 1 aromatic carbocycles. The monoisotopic (exact) mass is 307 g/mol. The Balaban J connectivity index is 0.00000324. The lowest BCUT2D eigenvalue weighted by Gasteiger charge is -2.07. The van der Waals surface area contributed by atoms with Gasteiger partial charge in [0, 0.05) is 19.2 Å². The van der Waals surface area contributed by atoms with Crippen molar-refractivity contribution < 1.29 is 13.2 Å². The molecule has 8 heteroatoms. The van der Waals surface area contributed by atoms with E-state index in [9.17, 15) is 13.2 Å². The zero-order valence-electron chi connectivity index (χ0n) is 10.5. The summed E-state index contributed by atoms with van der Waals surface area (Å²) in [5.41, 5.74) is 5.85. The fraction of sp³-hybridized carbons (Fsp3) is 0.364. The van der Waals surface area contributed by atoms with Crippen LogP contribution < -0.4 is 15.8 Å². The summed E-state index contributed by atoms with van der Waals surface area (Å²) >= 11 is 0. The van der Waals surface area contributed by atoms with Crippen molar-refractivity contribution in [1.29, 1.82) is 0 Å². The fourth-order valence-electron chi connectivity index (χ4n) is 1.31. The maximum atomic E-state index is 11.8. The highest BCUT2D eigenvalue weighted by atomic mass is 35.5. The number of nitrogens with two attached hydrogens (primary N) is 1. The lowest BCUT2D eigenvalue weighted by atomic mass is 10.3. The summed E-state index contributed by atoms with van der Waals surface area (Å²) in [6, 6.07) is 5.96. The van der Waals surface area contributed by atoms with E-state index in [0.29, 0.717) is 25.2 Å². The van der Waals surface area contributed by atoms with Gasteiger partial charge in [0.1, 0.15) is 0 Å². The highest BCUT2D eigenvalue weighted by Crippen LogP contribution is 2.13. The van der Waals surface area contributed by atoms with E-state index < -0.39 is 10.0 Å². The average Bonchev–Trinajstić information content (AvgIpc) is 2.29. The molecule has 4 N–H and O–H groups in total. The molecule has 0 radical (unpaired) electrons. The van der Waals surface area contributed by atoms with Crippen molar-refractivity contribution >= 4 is 34.0 Å². The van der Waals surface area contributed by atoms with Crippen molar-refractivity contribution in [3.63, 3.8) is 0 Å². The van der Waals surface area contributed by atoms with Gasteiger partial charge in [-0.3, -0.25) is 4.79 Å². The highest BCUT2D eigenvalue weighted by Gasteiger charge is 2.12. The third kappa shape index (κ3) is 6.02. The zero-order valence-corrected chi connectivity index (χ0v) is 12.2. The van der Waals surface area contributed by atoms with Crippen LogP contribution in [0.3, 0.4) is 0 Å². The molecule has 6 nitrogen and oxygen atoms in total. The number of rotatable bonds is 6. The molecule has 0 unspecified atom stereocenters. The minimum atomic E-state index is -3.50. The van der Waals surface area contributed by atoms with Gasteiger partial charge in [-0.05, 0) is 37.2 Å². The summed E-state index contributed by atoms with van der Waals surface area (Å²) in [6.07, 6.45) is 0.587. The van der Waals surface area contributed by atoms with Gasteiger partial charge in [-0.1, -0.05) is 0 Å². The van der Waals surface area contributed by atoms with Gasteiger partial charge in [-0.25, -0.2) is 13.1 Å². The van der Waals surface area contributed by atoms with E-state index in [4.69, 9.17) is 5.73 Å². The second-order valence-electron chi connectivity index (χ2n) is 3.75. The average molecular weight is 308 g/mol. The summed E-state index contributed by atoms with van der Waals surface area (Å²) in [6.45, 7) is 2.13. The molecule has 0 spiro atoms. The van der Waals surface area contributed by atoms with Crippen molar-refractivity contribution in [2.24, 2.45) is 5.73 Å². The van der Waals surface area contributed by atoms with Gasteiger partial charge in [-0.2, -0.15) is 0 Å². The number of halogens is 1. The summed E-state index contributed by atoms with van der Waals surface area (Å²) in [4.78, 5) is 11.0. The largest absolute Gasteiger partial charge is 0.330 e. The quantitative estimate of drug-likeness (QED) is 0.673. The molecule has 1 amide bonds. The molecule has 0 bridgehead atoms. The number of anilines is 1. The van der Waals surface area contributed by atoms with Gasteiger partial charge in [0.05, 0.1) is 4.90 Å². The van der Waals surface area contributed by atoms with Crippen molar-refractivity contribution in [3.8, 4) is 0 Å². The Bertz CT molecular complexity index is 502. The van der Waals surface area contributed by atoms with Crippen LogP contribution in [0, 0.1) is 0 Å². The van der Waals surface area contributed by atoms with Crippen molar-refractivity contribution in [3.05, 3.63) is 24.3 Å². The van der Waals surface area contributed by atoms with Gasteiger partial charge in [0.2, 0.25) is 15.9 Å². The Kier molecular flexibility index (Phi) is 7.62. The Labute approximate surface area is 119 Å². The van der Waals surface area contributed by atoms with Crippen molar-refractivity contribution in [2.75, 3.05) is 18.4 Å². The van der Waals surface area contributed by atoms with Crippen LogP contribution in [-0.2, 0) is 14.8 Å². The molecule has 0 aliphatic heterocycles. The molecule has 0 aliphatic carbocycles. The van der Waals surface area contributed by atoms with Crippen LogP contribution in [-0.4, -0.2) is 27.4 Å². The molecule has 19 heavy (non-hydrogen) atoms. The Hall–Kier alpha value is -1.15. The molecule has 0 aromatic heterocycles. The number of sulfonamides is 1. The van der Waals surface area contributed by atoms with Crippen molar-refractivity contribution in [1.82, 2.24) is 4.72 Å². The Morgan fingerprint density at radius 3 is 2.32 bits per heavy atom. The maximum absolute atomic E-state index is 11.8. The minimum Gasteiger partial charge on any atom is -0.330 e. The van der Waals surface area contributed by atoms with E-state index in [1.54, 1.807) is 12.1 Å². The lowest BCUT2D eigenvalue weighted by Crippen LogP contribution is -2.26. The SMILES string of the molecule is CC(=O)Nc1ccc(S(=O)(=O)NCCCN)cc1.Cl. The maximum Gasteiger partial charge on any atom is 0.240 e. The molecule has 0 saturated heterocycles. The van der Waals surface area contributed by atoms with Gasteiger partial charge in [0.25, 0.3) is 0 Å². The lowest BCUT2D eigenvalue weighted by molar-refractivity contribution is -0.114. The first-order valence-corrected chi connectivity index (χ1v) is 7.01. The standard InChI is InChI=1S/C11H17N3O3S.ClH/c1-9(15)14-10-3-5-11(6-4-10)18(16,17)13-8-2-7-12;/h3-6,13H,2,7-8,12H2,1H3,(H,14,15);1H. The molecule has 0 fully saturated rings. The Morgan fingerprint density at radius 1 is 1.26 bits per heavy atom. The van der Waals surface area contributed by atoms with Crippen LogP contribution in [0.4, 0.5) is 5.69 Å². The van der Waals surface area contributed by atoms with E-state index in [0.717, 1.165) is 0 Å². The first kappa shape index (κ1) is 17.8. The molecule has 1 aromatic rings. The van der Waals surface area contributed by atoms with Gasteiger partial charge >= 0.3 is 0 Å². The smallest absolute Gasteiger partial charge is 0.240 e. The number of nitrogens with one attached hydrogen (secondary N) is 2. The molecule has 1 rings (SSSR count). The van der Waals surface area contributed by atoms with E-state index in [2.05, 4.69) is 10.0 Å². The van der Waals surface area contributed by atoms with Crippen LogP contribution in [0.5, 0.6) is 0 Å². The van der Waals surface area contributed by atoms with E-state index >= 15 is 0 Å². The number of hydrogen-bond acceptors (Lipinski definition) is 4. The second-order valence-corrected chi connectivity index (χ2v) is 5.51. The van der Waals surface area contributed by atoms with Crippen molar-refractivity contribution in [2.45, 2.75) is 18.2 Å². The van der Waals surface area contributed by atoms with E-state index in [1.807, 2.05) is 0 Å². The van der Waals surface area contributed by atoms with E-state index in [1.165, 1.54) is 19.1 Å². The molecular formula is C11H18ClN3O3S. The second kappa shape index (κ2) is 8.11. The predicted octanol–water partition coefficient (Wildman–Crippen LogP) is 0.694. The zero-order chi connectivity index (χ0) is 13.6. The summed E-state index contributed by atoms with van der Waals surface area (Å²) in [5, 5.41) is 2.57. The summed E-state index contributed by atoms with van der Waals surface area (Å²) in [7, 11) is -3.50. The molecule has 0 atom stereocenters. The van der Waals surface area contributed by atoms with Crippen LogP contribution in [0.25, 0.3) is 0 Å². The number of amides is 1. The first-order valence-electron chi connectivity index (χ1n) is 5.53. The summed E-state index contributed by atoms with van der Waals surface area (Å²) < 4.78 is 26.0. The molecule has 108 valence electrons. The number of hydrogen-bond donors (Lipinski definition) is 3. The first-order chi connectivity index (χ1) is 8.45. The Morgan fingerprint density at radius 2 is 1.84 bits per heavy atom. The van der Waals surface area contributed by atoms with Crippen LogP contribution >= 0.6 is 12.4 Å². The molecule has 0 aliphatic rings.